The third kappa shape index (κ3) is 5.80. The van der Waals surface area contributed by atoms with Crippen molar-refractivity contribution in [3.05, 3.63) is 58.6 Å². The van der Waals surface area contributed by atoms with E-state index >= 15 is 0 Å². The van der Waals surface area contributed by atoms with Gasteiger partial charge in [0.2, 0.25) is 0 Å². The topological polar surface area (TPSA) is 90.7 Å². The van der Waals surface area contributed by atoms with Gasteiger partial charge in [0.25, 0.3) is 11.6 Å². The van der Waals surface area contributed by atoms with Crippen molar-refractivity contribution in [2.75, 3.05) is 11.9 Å². The highest BCUT2D eigenvalue weighted by molar-refractivity contribution is 5.91. The molecule has 0 spiro atoms. The van der Waals surface area contributed by atoms with Gasteiger partial charge in [-0.3, -0.25) is 14.9 Å². The maximum Gasteiger partial charge on any atom is 0.269 e. The standard InChI is InChI=1S/C18H20N2O5/c1-3-13(2)25-17-8-4-14(5-9-17)19-18(21)12-24-16-10-6-15(7-11-16)20(22)23/h4-11,13H,3,12H2,1-2H3,(H,19,21). The van der Waals surface area contributed by atoms with Crippen LogP contribution in [0.4, 0.5) is 11.4 Å². The minimum atomic E-state index is -0.495. The van der Waals surface area contributed by atoms with Gasteiger partial charge in [0.05, 0.1) is 11.0 Å². The van der Waals surface area contributed by atoms with Crippen molar-refractivity contribution in [1.29, 1.82) is 0 Å². The molecule has 25 heavy (non-hydrogen) atoms. The van der Waals surface area contributed by atoms with E-state index in [9.17, 15) is 14.9 Å². The van der Waals surface area contributed by atoms with Gasteiger partial charge in [0.1, 0.15) is 11.5 Å². The summed E-state index contributed by atoms with van der Waals surface area (Å²) in [5.74, 6) is 0.807. The summed E-state index contributed by atoms with van der Waals surface area (Å²) in [7, 11) is 0. The van der Waals surface area contributed by atoms with Crippen LogP contribution in [-0.2, 0) is 4.79 Å². The molecular weight excluding hydrogens is 324 g/mol. The highest BCUT2D eigenvalue weighted by atomic mass is 16.6. The molecule has 1 unspecified atom stereocenters. The molecule has 0 heterocycles. The van der Waals surface area contributed by atoms with Crippen LogP contribution in [0, 0.1) is 10.1 Å². The average molecular weight is 344 g/mol. The Morgan fingerprint density at radius 2 is 1.72 bits per heavy atom. The molecule has 0 aromatic heterocycles. The largest absolute Gasteiger partial charge is 0.491 e. The molecular formula is C18H20N2O5. The third-order valence-corrected chi connectivity index (χ3v) is 3.47. The number of nitrogens with zero attached hydrogens (tertiary/aromatic N) is 1. The van der Waals surface area contributed by atoms with Crippen molar-refractivity contribution >= 4 is 17.3 Å². The fraction of sp³-hybridized carbons (Fsp3) is 0.278. The number of hydrogen-bond acceptors (Lipinski definition) is 5. The summed E-state index contributed by atoms with van der Waals surface area (Å²) in [6.45, 7) is 3.85. The Hall–Kier alpha value is -3.09. The Bertz CT molecular complexity index is 713. The number of benzene rings is 2. The zero-order chi connectivity index (χ0) is 18.2. The Labute approximate surface area is 145 Å². The molecule has 0 aliphatic carbocycles. The lowest BCUT2D eigenvalue weighted by Gasteiger charge is -2.13. The Morgan fingerprint density at radius 3 is 2.28 bits per heavy atom. The van der Waals surface area contributed by atoms with E-state index in [-0.39, 0.29) is 24.3 Å². The summed E-state index contributed by atoms with van der Waals surface area (Å²) < 4.78 is 11.0. The predicted octanol–water partition coefficient (Wildman–Crippen LogP) is 3.79. The van der Waals surface area contributed by atoms with E-state index in [0.29, 0.717) is 11.4 Å². The minimum absolute atomic E-state index is 0.0310. The van der Waals surface area contributed by atoms with Gasteiger partial charge in [-0.15, -0.1) is 0 Å². The molecule has 0 saturated carbocycles. The summed E-state index contributed by atoms with van der Waals surface area (Å²) >= 11 is 0. The molecule has 2 aromatic rings. The second kappa shape index (κ2) is 8.68. The van der Waals surface area contributed by atoms with Crippen LogP contribution in [0.2, 0.25) is 0 Å². The average Bonchev–Trinajstić information content (AvgIpc) is 2.62. The zero-order valence-corrected chi connectivity index (χ0v) is 14.1. The molecule has 0 aliphatic rings. The molecule has 7 nitrogen and oxygen atoms in total. The number of nitrogens with one attached hydrogen (secondary N) is 1. The number of ether oxygens (including phenoxy) is 2. The molecule has 1 amide bonds. The molecule has 1 N–H and O–H groups in total. The normalized spacial score (nSPS) is 11.4. The van der Waals surface area contributed by atoms with Gasteiger partial charge in [0, 0.05) is 17.8 Å². The van der Waals surface area contributed by atoms with E-state index in [0.717, 1.165) is 12.2 Å². The number of nitro benzene ring substituents is 1. The third-order valence-electron chi connectivity index (χ3n) is 3.47. The van der Waals surface area contributed by atoms with Gasteiger partial charge in [0.15, 0.2) is 6.61 Å². The van der Waals surface area contributed by atoms with Crippen LogP contribution >= 0.6 is 0 Å². The first-order chi connectivity index (χ1) is 12.0. The Balaban J connectivity index is 1.82. The van der Waals surface area contributed by atoms with Gasteiger partial charge in [-0.05, 0) is 49.7 Å². The van der Waals surface area contributed by atoms with E-state index in [4.69, 9.17) is 9.47 Å². The lowest BCUT2D eigenvalue weighted by Crippen LogP contribution is -2.20. The first kappa shape index (κ1) is 18.3. The number of amides is 1. The van der Waals surface area contributed by atoms with Crippen molar-refractivity contribution < 1.29 is 19.2 Å². The van der Waals surface area contributed by atoms with Crippen molar-refractivity contribution in [3.8, 4) is 11.5 Å². The van der Waals surface area contributed by atoms with Gasteiger partial charge in [-0.25, -0.2) is 0 Å². The number of hydrogen-bond donors (Lipinski definition) is 1. The van der Waals surface area contributed by atoms with Crippen LogP contribution in [0.3, 0.4) is 0 Å². The molecule has 132 valence electrons. The number of non-ortho nitro benzene ring substituents is 1. The van der Waals surface area contributed by atoms with Crippen molar-refractivity contribution in [2.24, 2.45) is 0 Å². The van der Waals surface area contributed by atoms with E-state index in [1.165, 1.54) is 24.3 Å². The second-order valence-corrected chi connectivity index (χ2v) is 5.45. The molecule has 0 bridgehead atoms. The van der Waals surface area contributed by atoms with Gasteiger partial charge in [-0.2, -0.15) is 0 Å². The number of anilines is 1. The summed E-state index contributed by atoms with van der Waals surface area (Å²) in [6, 6.07) is 12.6. The smallest absolute Gasteiger partial charge is 0.269 e. The van der Waals surface area contributed by atoms with Crippen LogP contribution in [0.5, 0.6) is 11.5 Å². The number of carbonyl (C=O) groups excluding carboxylic acids is 1. The SMILES string of the molecule is CCC(C)Oc1ccc(NC(=O)COc2ccc([N+](=O)[O-])cc2)cc1. The van der Waals surface area contributed by atoms with E-state index in [1.807, 2.05) is 13.8 Å². The van der Waals surface area contributed by atoms with Crippen LogP contribution in [0.15, 0.2) is 48.5 Å². The zero-order valence-electron chi connectivity index (χ0n) is 14.1. The summed E-state index contributed by atoms with van der Waals surface area (Å²) in [6.07, 6.45) is 1.05. The molecule has 0 saturated heterocycles. The van der Waals surface area contributed by atoms with Gasteiger partial charge < -0.3 is 14.8 Å². The molecule has 0 fully saturated rings. The predicted molar refractivity (Wildman–Crippen MR) is 94.0 cm³/mol. The van der Waals surface area contributed by atoms with Crippen LogP contribution in [-0.4, -0.2) is 23.5 Å². The van der Waals surface area contributed by atoms with E-state index in [1.54, 1.807) is 24.3 Å². The van der Waals surface area contributed by atoms with Gasteiger partial charge >= 0.3 is 0 Å². The fourth-order valence-electron chi connectivity index (χ4n) is 1.94. The van der Waals surface area contributed by atoms with E-state index < -0.39 is 4.92 Å². The molecule has 0 radical (unpaired) electrons. The second-order valence-electron chi connectivity index (χ2n) is 5.45. The monoisotopic (exact) mass is 344 g/mol. The van der Waals surface area contributed by atoms with Crippen LogP contribution < -0.4 is 14.8 Å². The first-order valence-corrected chi connectivity index (χ1v) is 7.91. The quantitative estimate of drug-likeness (QED) is 0.581. The highest BCUT2D eigenvalue weighted by Gasteiger charge is 2.07. The van der Waals surface area contributed by atoms with Crippen molar-refractivity contribution in [3.63, 3.8) is 0 Å². The molecule has 0 aliphatic heterocycles. The first-order valence-electron chi connectivity index (χ1n) is 7.91. The maximum atomic E-state index is 11.9. The van der Waals surface area contributed by atoms with Crippen LogP contribution in [0.1, 0.15) is 20.3 Å². The molecule has 7 heteroatoms. The lowest BCUT2D eigenvalue weighted by molar-refractivity contribution is -0.384. The molecule has 1 atom stereocenters. The lowest BCUT2D eigenvalue weighted by atomic mass is 10.3. The van der Waals surface area contributed by atoms with Crippen molar-refractivity contribution in [2.45, 2.75) is 26.4 Å². The van der Waals surface area contributed by atoms with Crippen molar-refractivity contribution in [1.82, 2.24) is 0 Å². The fourth-order valence-corrected chi connectivity index (χ4v) is 1.94. The molecule has 2 rings (SSSR count). The number of rotatable bonds is 8. The summed E-state index contributed by atoms with van der Waals surface area (Å²) in [5, 5.41) is 13.3. The van der Waals surface area contributed by atoms with E-state index in [2.05, 4.69) is 5.32 Å². The number of nitro groups is 1. The molecule has 2 aromatic carbocycles. The van der Waals surface area contributed by atoms with Gasteiger partial charge in [-0.1, -0.05) is 6.92 Å². The minimum Gasteiger partial charge on any atom is -0.491 e. The number of carbonyl (C=O) groups is 1. The Kier molecular flexibility index (Phi) is 6.33. The Morgan fingerprint density at radius 1 is 1.12 bits per heavy atom. The summed E-state index contributed by atoms with van der Waals surface area (Å²) in [4.78, 5) is 22.0. The highest BCUT2D eigenvalue weighted by Crippen LogP contribution is 2.19. The summed E-state index contributed by atoms with van der Waals surface area (Å²) in [5.41, 5.74) is 0.602. The maximum absolute atomic E-state index is 11.9. The van der Waals surface area contributed by atoms with Crippen LogP contribution in [0.25, 0.3) is 0 Å².